The molecule has 0 radical (unpaired) electrons. The van der Waals surface area contributed by atoms with E-state index in [4.69, 9.17) is 0 Å². The number of hydrogen-bond acceptors (Lipinski definition) is 5. The van der Waals surface area contributed by atoms with Crippen molar-refractivity contribution >= 4 is 16.0 Å². The van der Waals surface area contributed by atoms with Gasteiger partial charge in [-0.1, -0.05) is 5.16 Å². The number of aliphatic imine (C=N–C) groups is 1. The van der Waals surface area contributed by atoms with Crippen LogP contribution in [0, 0.1) is 0 Å². The van der Waals surface area contributed by atoms with Crippen LogP contribution in [0.5, 0.6) is 0 Å². The summed E-state index contributed by atoms with van der Waals surface area (Å²) in [6.45, 7) is 0.701. The largest absolute Gasteiger partial charge is 0.364 e. The number of hydrogen-bond donors (Lipinski definition) is 3. The van der Waals surface area contributed by atoms with Crippen molar-refractivity contribution in [2.75, 3.05) is 27.2 Å². The van der Waals surface area contributed by atoms with Crippen molar-refractivity contribution in [1.82, 2.24) is 20.5 Å². The molecule has 0 aliphatic rings. The van der Waals surface area contributed by atoms with Crippen LogP contribution in [0.3, 0.4) is 0 Å². The topological polar surface area (TPSA) is 109 Å². The van der Waals surface area contributed by atoms with Crippen molar-refractivity contribution in [3.63, 3.8) is 0 Å². The second-order valence-corrected chi connectivity index (χ2v) is 5.20. The molecule has 0 fully saturated rings. The SMILES string of the molecule is CN=C(NC)NCCNS(=O)(=O)Cc1ccon1. The monoisotopic (exact) mass is 275 g/mol. The Kier molecular flexibility index (Phi) is 5.59. The molecule has 1 aromatic rings. The van der Waals surface area contributed by atoms with E-state index in [0.717, 1.165) is 0 Å². The second kappa shape index (κ2) is 6.97. The predicted molar refractivity (Wildman–Crippen MR) is 67.6 cm³/mol. The molecule has 0 spiro atoms. The summed E-state index contributed by atoms with van der Waals surface area (Å²) in [4.78, 5) is 3.90. The number of rotatable bonds is 6. The fourth-order valence-electron chi connectivity index (χ4n) is 1.22. The van der Waals surface area contributed by atoms with Crippen LogP contribution >= 0.6 is 0 Å². The Morgan fingerprint density at radius 2 is 2.28 bits per heavy atom. The smallest absolute Gasteiger partial charge is 0.217 e. The average molecular weight is 275 g/mol. The lowest BCUT2D eigenvalue weighted by Gasteiger charge is -2.09. The van der Waals surface area contributed by atoms with Gasteiger partial charge in [-0.2, -0.15) is 0 Å². The number of aromatic nitrogens is 1. The molecule has 3 N–H and O–H groups in total. The highest BCUT2D eigenvalue weighted by atomic mass is 32.2. The predicted octanol–water partition coefficient (Wildman–Crippen LogP) is -1.11. The molecule has 0 atom stereocenters. The van der Waals surface area contributed by atoms with E-state index < -0.39 is 10.0 Å². The number of sulfonamides is 1. The molecular formula is C9H17N5O3S. The van der Waals surface area contributed by atoms with Gasteiger partial charge in [-0.25, -0.2) is 13.1 Å². The first-order valence-corrected chi connectivity index (χ1v) is 6.97. The van der Waals surface area contributed by atoms with Gasteiger partial charge < -0.3 is 15.2 Å². The Balaban J connectivity index is 2.30. The van der Waals surface area contributed by atoms with Crippen molar-refractivity contribution in [3.8, 4) is 0 Å². The Labute approximate surface area is 106 Å². The molecule has 1 heterocycles. The van der Waals surface area contributed by atoms with Gasteiger partial charge in [-0.05, 0) is 0 Å². The van der Waals surface area contributed by atoms with E-state index in [0.29, 0.717) is 18.2 Å². The quantitative estimate of drug-likeness (QED) is 0.345. The third-order valence-corrected chi connectivity index (χ3v) is 3.35. The summed E-state index contributed by atoms with van der Waals surface area (Å²) in [5.41, 5.74) is 0.376. The Bertz CT molecular complexity index is 468. The van der Waals surface area contributed by atoms with Crippen molar-refractivity contribution in [1.29, 1.82) is 0 Å². The maximum absolute atomic E-state index is 11.6. The fourth-order valence-corrected chi connectivity index (χ4v) is 2.28. The maximum Gasteiger partial charge on any atom is 0.217 e. The van der Waals surface area contributed by atoms with Gasteiger partial charge in [0.25, 0.3) is 0 Å². The zero-order valence-electron chi connectivity index (χ0n) is 10.3. The van der Waals surface area contributed by atoms with E-state index in [2.05, 4.69) is 30.0 Å². The normalized spacial score (nSPS) is 12.4. The lowest BCUT2D eigenvalue weighted by molar-refractivity contribution is 0.413. The molecule has 1 aromatic heterocycles. The fraction of sp³-hybridized carbons (Fsp3) is 0.556. The van der Waals surface area contributed by atoms with E-state index in [9.17, 15) is 8.42 Å². The minimum atomic E-state index is -3.39. The molecule has 1 rings (SSSR count). The summed E-state index contributed by atoms with van der Waals surface area (Å²) in [7, 11) is -0.0299. The van der Waals surface area contributed by atoms with E-state index in [1.165, 1.54) is 12.3 Å². The van der Waals surface area contributed by atoms with E-state index in [1.54, 1.807) is 14.1 Å². The van der Waals surface area contributed by atoms with Crippen LogP contribution in [-0.4, -0.2) is 46.7 Å². The number of nitrogens with one attached hydrogen (secondary N) is 3. The molecular weight excluding hydrogens is 258 g/mol. The Morgan fingerprint density at radius 3 is 2.83 bits per heavy atom. The van der Waals surface area contributed by atoms with Crippen LogP contribution in [0.25, 0.3) is 0 Å². The summed E-state index contributed by atoms with van der Waals surface area (Å²) in [6.07, 6.45) is 1.34. The second-order valence-electron chi connectivity index (χ2n) is 3.39. The first kappa shape index (κ1) is 14.5. The molecule has 9 heteroatoms. The van der Waals surface area contributed by atoms with Crippen molar-refractivity contribution in [2.24, 2.45) is 4.99 Å². The minimum absolute atomic E-state index is 0.190. The van der Waals surface area contributed by atoms with Crippen molar-refractivity contribution in [3.05, 3.63) is 18.0 Å². The van der Waals surface area contributed by atoms with Crippen LogP contribution in [0.15, 0.2) is 21.8 Å². The minimum Gasteiger partial charge on any atom is -0.364 e. The summed E-state index contributed by atoms with van der Waals surface area (Å²) in [5, 5.41) is 9.30. The molecule has 0 aromatic carbocycles. The van der Waals surface area contributed by atoms with Gasteiger partial charge in [0.05, 0.1) is 5.69 Å². The van der Waals surface area contributed by atoms with Gasteiger partial charge in [0, 0.05) is 33.3 Å². The zero-order chi connectivity index (χ0) is 13.4. The van der Waals surface area contributed by atoms with Gasteiger partial charge in [-0.3, -0.25) is 4.99 Å². The number of nitrogens with zero attached hydrogens (tertiary/aromatic N) is 2. The first-order valence-electron chi connectivity index (χ1n) is 5.32. The van der Waals surface area contributed by atoms with E-state index >= 15 is 0 Å². The van der Waals surface area contributed by atoms with Gasteiger partial charge in [0.2, 0.25) is 10.0 Å². The zero-order valence-corrected chi connectivity index (χ0v) is 11.1. The lowest BCUT2D eigenvalue weighted by atomic mass is 10.5. The summed E-state index contributed by atoms with van der Waals surface area (Å²) in [6, 6.07) is 1.51. The van der Waals surface area contributed by atoms with Crippen LogP contribution in [0.1, 0.15) is 5.69 Å². The standard InChI is InChI=1S/C9H17N5O3S/c1-10-9(11-2)12-4-5-13-18(15,16)7-8-3-6-17-14-8/h3,6,13H,4-5,7H2,1-2H3,(H2,10,11,12). The highest BCUT2D eigenvalue weighted by Gasteiger charge is 2.12. The van der Waals surface area contributed by atoms with Crippen LogP contribution < -0.4 is 15.4 Å². The summed E-state index contributed by atoms with van der Waals surface area (Å²) >= 11 is 0. The molecule has 0 amide bonds. The molecule has 0 aliphatic carbocycles. The van der Waals surface area contributed by atoms with Gasteiger partial charge in [0.1, 0.15) is 12.0 Å². The molecule has 0 saturated heterocycles. The van der Waals surface area contributed by atoms with E-state index in [-0.39, 0.29) is 12.3 Å². The molecule has 0 unspecified atom stereocenters. The molecule has 0 aliphatic heterocycles. The van der Waals surface area contributed by atoms with Crippen LogP contribution in [0.4, 0.5) is 0 Å². The highest BCUT2D eigenvalue weighted by molar-refractivity contribution is 7.88. The van der Waals surface area contributed by atoms with Gasteiger partial charge >= 0.3 is 0 Å². The van der Waals surface area contributed by atoms with Crippen LogP contribution in [-0.2, 0) is 15.8 Å². The Hall–Kier alpha value is -1.61. The molecule has 8 nitrogen and oxygen atoms in total. The number of guanidine groups is 1. The summed E-state index contributed by atoms with van der Waals surface area (Å²) in [5.74, 6) is 0.412. The van der Waals surface area contributed by atoms with Crippen molar-refractivity contribution < 1.29 is 12.9 Å². The third kappa shape index (κ3) is 5.15. The highest BCUT2D eigenvalue weighted by Crippen LogP contribution is 2.00. The molecule has 0 saturated carbocycles. The molecule has 0 bridgehead atoms. The van der Waals surface area contributed by atoms with E-state index in [1.807, 2.05) is 0 Å². The maximum atomic E-state index is 11.6. The molecule has 18 heavy (non-hydrogen) atoms. The van der Waals surface area contributed by atoms with Crippen molar-refractivity contribution in [2.45, 2.75) is 5.75 Å². The van der Waals surface area contributed by atoms with Gasteiger partial charge in [0.15, 0.2) is 5.96 Å². The molecule has 102 valence electrons. The van der Waals surface area contributed by atoms with Crippen LogP contribution in [0.2, 0.25) is 0 Å². The third-order valence-electron chi connectivity index (χ3n) is 2.03. The summed E-state index contributed by atoms with van der Waals surface area (Å²) < 4.78 is 30.2. The lowest BCUT2D eigenvalue weighted by Crippen LogP contribution is -2.40. The van der Waals surface area contributed by atoms with Gasteiger partial charge in [-0.15, -0.1) is 0 Å². The first-order chi connectivity index (χ1) is 8.57. The average Bonchev–Trinajstić information content (AvgIpc) is 2.81. The Morgan fingerprint density at radius 1 is 1.50 bits per heavy atom.